The van der Waals surface area contributed by atoms with Gasteiger partial charge in [-0.3, -0.25) is 4.79 Å². The molecule has 144 valence electrons. The van der Waals surface area contributed by atoms with Gasteiger partial charge in [-0.2, -0.15) is 4.52 Å². The van der Waals surface area contributed by atoms with Crippen molar-refractivity contribution in [2.75, 3.05) is 31.1 Å². The SMILES string of the molecule is O=C(Cc1ccccc1)N1CCCN(c2ccc3nnc(C4CC4)n3n2)CC1. The number of carbonyl (C=O) groups excluding carboxylic acids is 1. The fraction of sp³-hybridized carbons (Fsp3) is 0.429. The highest BCUT2D eigenvalue weighted by atomic mass is 16.2. The summed E-state index contributed by atoms with van der Waals surface area (Å²) in [6.07, 6.45) is 3.76. The molecule has 28 heavy (non-hydrogen) atoms. The van der Waals surface area contributed by atoms with Crippen LogP contribution in [-0.4, -0.2) is 56.8 Å². The molecule has 5 rings (SSSR count). The second-order valence-corrected chi connectivity index (χ2v) is 7.68. The van der Waals surface area contributed by atoms with E-state index in [1.807, 2.05) is 51.9 Å². The van der Waals surface area contributed by atoms with Crippen molar-refractivity contribution in [1.29, 1.82) is 0 Å². The Balaban J connectivity index is 1.28. The van der Waals surface area contributed by atoms with E-state index in [1.165, 1.54) is 12.8 Å². The van der Waals surface area contributed by atoms with Crippen LogP contribution >= 0.6 is 0 Å². The summed E-state index contributed by atoms with van der Waals surface area (Å²) in [6.45, 7) is 3.21. The Hall–Kier alpha value is -2.96. The molecule has 0 N–H and O–H groups in total. The number of hydrogen-bond donors (Lipinski definition) is 0. The van der Waals surface area contributed by atoms with Gasteiger partial charge >= 0.3 is 0 Å². The lowest BCUT2D eigenvalue weighted by Crippen LogP contribution is -2.36. The molecule has 0 unspecified atom stereocenters. The van der Waals surface area contributed by atoms with Crippen LogP contribution < -0.4 is 4.90 Å². The lowest BCUT2D eigenvalue weighted by Gasteiger charge is -2.23. The molecule has 2 aromatic heterocycles. The normalized spacial score (nSPS) is 17.7. The highest BCUT2D eigenvalue weighted by molar-refractivity contribution is 5.78. The van der Waals surface area contributed by atoms with E-state index in [-0.39, 0.29) is 5.91 Å². The van der Waals surface area contributed by atoms with E-state index in [0.29, 0.717) is 12.3 Å². The molecule has 0 atom stereocenters. The van der Waals surface area contributed by atoms with Gasteiger partial charge in [0.2, 0.25) is 5.91 Å². The first-order valence-electron chi connectivity index (χ1n) is 10.1. The van der Waals surface area contributed by atoms with Crippen molar-refractivity contribution >= 4 is 17.4 Å². The van der Waals surface area contributed by atoms with Crippen molar-refractivity contribution in [3.8, 4) is 0 Å². The van der Waals surface area contributed by atoms with E-state index in [2.05, 4.69) is 15.1 Å². The summed E-state index contributed by atoms with van der Waals surface area (Å²) in [6, 6.07) is 14.0. The molecule has 2 fully saturated rings. The van der Waals surface area contributed by atoms with Crippen molar-refractivity contribution in [2.24, 2.45) is 0 Å². The largest absolute Gasteiger partial charge is 0.353 e. The van der Waals surface area contributed by atoms with Crippen LogP contribution in [0.1, 0.15) is 36.6 Å². The van der Waals surface area contributed by atoms with E-state index in [9.17, 15) is 4.79 Å². The van der Waals surface area contributed by atoms with Crippen LogP contribution in [0.5, 0.6) is 0 Å². The van der Waals surface area contributed by atoms with Gasteiger partial charge in [-0.1, -0.05) is 30.3 Å². The zero-order valence-electron chi connectivity index (χ0n) is 15.9. The van der Waals surface area contributed by atoms with E-state index in [0.717, 1.165) is 55.5 Å². The number of benzene rings is 1. The zero-order valence-corrected chi connectivity index (χ0v) is 15.9. The summed E-state index contributed by atoms with van der Waals surface area (Å²) < 4.78 is 1.90. The lowest BCUT2D eigenvalue weighted by atomic mass is 10.1. The van der Waals surface area contributed by atoms with Crippen molar-refractivity contribution in [2.45, 2.75) is 31.6 Å². The minimum absolute atomic E-state index is 0.200. The van der Waals surface area contributed by atoms with Gasteiger partial charge in [0.1, 0.15) is 5.82 Å². The Morgan fingerprint density at radius 1 is 0.964 bits per heavy atom. The summed E-state index contributed by atoms with van der Waals surface area (Å²) >= 11 is 0. The summed E-state index contributed by atoms with van der Waals surface area (Å²) in [4.78, 5) is 17.0. The maximum absolute atomic E-state index is 12.7. The predicted molar refractivity (Wildman–Crippen MR) is 106 cm³/mol. The molecular weight excluding hydrogens is 352 g/mol. The number of fused-ring (bicyclic) bond motifs is 1. The minimum Gasteiger partial charge on any atom is -0.353 e. The van der Waals surface area contributed by atoms with Gasteiger partial charge in [0.25, 0.3) is 0 Å². The Bertz CT molecular complexity index is 981. The molecule has 1 saturated heterocycles. The number of carbonyl (C=O) groups is 1. The second kappa shape index (κ2) is 7.22. The fourth-order valence-corrected chi connectivity index (χ4v) is 3.84. The number of hydrogen-bond acceptors (Lipinski definition) is 5. The molecular formula is C21H24N6O. The van der Waals surface area contributed by atoms with Gasteiger partial charge in [0, 0.05) is 32.1 Å². The van der Waals surface area contributed by atoms with Crippen LogP contribution in [-0.2, 0) is 11.2 Å². The molecule has 7 nitrogen and oxygen atoms in total. The van der Waals surface area contributed by atoms with Gasteiger partial charge in [0.15, 0.2) is 11.5 Å². The maximum atomic E-state index is 12.7. The van der Waals surface area contributed by atoms with Crippen LogP contribution in [0.15, 0.2) is 42.5 Å². The first-order chi connectivity index (χ1) is 13.8. The van der Waals surface area contributed by atoms with E-state index in [1.54, 1.807) is 0 Å². The quantitative estimate of drug-likeness (QED) is 0.699. The van der Waals surface area contributed by atoms with Gasteiger partial charge in [0.05, 0.1) is 6.42 Å². The Morgan fingerprint density at radius 2 is 1.82 bits per heavy atom. The second-order valence-electron chi connectivity index (χ2n) is 7.68. The first-order valence-corrected chi connectivity index (χ1v) is 10.1. The maximum Gasteiger partial charge on any atom is 0.227 e. The molecule has 1 aromatic carbocycles. The molecule has 1 aliphatic carbocycles. The summed E-state index contributed by atoms with van der Waals surface area (Å²) in [5.74, 6) is 2.62. The predicted octanol–water partition coefficient (Wildman–Crippen LogP) is 2.28. The Labute approximate surface area is 164 Å². The highest BCUT2D eigenvalue weighted by Crippen LogP contribution is 2.38. The number of aromatic nitrogens is 4. The van der Waals surface area contributed by atoms with Gasteiger partial charge < -0.3 is 9.80 Å². The molecule has 1 aliphatic heterocycles. The molecule has 0 radical (unpaired) electrons. The standard InChI is InChI=1S/C21H24N6O/c28-20(15-16-5-2-1-3-6-16)26-12-4-11-25(13-14-26)19-10-9-18-22-23-21(17-7-8-17)27(18)24-19/h1-3,5-6,9-10,17H,4,7-8,11-15H2. The average Bonchev–Trinajstić information content (AvgIpc) is 3.52. The third-order valence-electron chi connectivity index (χ3n) is 5.59. The third kappa shape index (κ3) is 3.44. The van der Waals surface area contributed by atoms with Gasteiger partial charge in [-0.05, 0) is 37.0 Å². The number of amides is 1. The number of nitrogens with zero attached hydrogens (tertiary/aromatic N) is 6. The topological polar surface area (TPSA) is 66.6 Å². The van der Waals surface area contributed by atoms with Crippen molar-refractivity contribution in [1.82, 2.24) is 24.7 Å². The molecule has 3 aromatic rings. The summed E-state index contributed by atoms with van der Waals surface area (Å²) in [5, 5.41) is 13.4. The van der Waals surface area contributed by atoms with Crippen LogP contribution in [0.4, 0.5) is 5.82 Å². The highest BCUT2D eigenvalue weighted by Gasteiger charge is 2.29. The molecule has 2 aliphatic rings. The molecule has 0 spiro atoms. The first kappa shape index (κ1) is 17.2. The number of anilines is 1. The van der Waals surface area contributed by atoms with Crippen molar-refractivity contribution in [3.63, 3.8) is 0 Å². The fourth-order valence-electron chi connectivity index (χ4n) is 3.84. The molecule has 1 amide bonds. The Kier molecular flexibility index (Phi) is 4.43. The number of rotatable bonds is 4. The minimum atomic E-state index is 0.200. The monoisotopic (exact) mass is 376 g/mol. The van der Waals surface area contributed by atoms with Crippen LogP contribution in [0, 0.1) is 0 Å². The third-order valence-corrected chi connectivity index (χ3v) is 5.59. The smallest absolute Gasteiger partial charge is 0.227 e. The van der Waals surface area contributed by atoms with E-state index in [4.69, 9.17) is 5.10 Å². The molecule has 1 saturated carbocycles. The lowest BCUT2D eigenvalue weighted by molar-refractivity contribution is -0.130. The summed E-state index contributed by atoms with van der Waals surface area (Å²) in [5.41, 5.74) is 1.88. The van der Waals surface area contributed by atoms with Crippen LogP contribution in [0.2, 0.25) is 0 Å². The summed E-state index contributed by atoms with van der Waals surface area (Å²) in [7, 11) is 0. The van der Waals surface area contributed by atoms with Crippen LogP contribution in [0.25, 0.3) is 5.65 Å². The zero-order chi connectivity index (χ0) is 18.9. The van der Waals surface area contributed by atoms with E-state index >= 15 is 0 Å². The van der Waals surface area contributed by atoms with Crippen LogP contribution in [0.3, 0.4) is 0 Å². The van der Waals surface area contributed by atoms with Gasteiger partial charge in [-0.15, -0.1) is 15.3 Å². The van der Waals surface area contributed by atoms with E-state index < -0.39 is 0 Å². The average molecular weight is 376 g/mol. The van der Waals surface area contributed by atoms with Crippen molar-refractivity contribution < 1.29 is 4.79 Å². The molecule has 0 bridgehead atoms. The molecule has 7 heteroatoms. The Morgan fingerprint density at radius 3 is 2.64 bits per heavy atom. The van der Waals surface area contributed by atoms with Crippen molar-refractivity contribution in [3.05, 3.63) is 53.9 Å². The van der Waals surface area contributed by atoms with Gasteiger partial charge in [-0.25, -0.2) is 0 Å². The molecule has 3 heterocycles.